The average Bonchev–Trinajstić information content (AvgIpc) is 2.88. The van der Waals surface area contributed by atoms with Crippen molar-refractivity contribution < 1.29 is 19.4 Å². The minimum atomic E-state index is -0.911. The predicted octanol–water partition coefficient (Wildman–Crippen LogP) is -0.817. The van der Waals surface area contributed by atoms with Crippen molar-refractivity contribution in [3.63, 3.8) is 0 Å². The molecule has 0 aromatic rings. The number of carbonyl (C=O) groups is 2. The molecule has 0 spiro atoms. The minimum absolute atomic E-state index is 0.134. The number of ether oxygens (including phenoxy) is 1. The first-order chi connectivity index (χ1) is 8.54. The molecule has 0 aromatic carbocycles. The fraction of sp³-hybridized carbons (Fsp3) is 0.545. The Bertz CT molecular complexity index is 371. The Balaban J connectivity index is 1.72. The summed E-state index contributed by atoms with van der Waals surface area (Å²) in [5.74, 6) is -1.27. The normalized spacial score (nSPS) is 26.7. The van der Waals surface area contributed by atoms with Gasteiger partial charge in [-0.15, -0.1) is 0 Å². The second kappa shape index (κ2) is 5.26. The zero-order valence-corrected chi connectivity index (χ0v) is 10.1. The van der Waals surface area contributed by atoms with Gasteiger partial charge in [0, 0.05) is 32.4 Å². The van der Waals surface area contributed by atoms with Crippen LogP contribution in [-0.2, 0) is 14.3 Å². The summed E-state index contributed by atoms with van der Waals surface area (Å²) in [5, 5.41) is 11.6. The van der Waals surface area contributed by atoms with Crippen molar-refractivity contribution >= 4 is 11.9 Å². The summed E-state index contributed by atoms with van der Waals surface area (Å²) in [5.41, 5.74) is 0. The van der Waals surface area contributed by atoms with Gasteiger partial charge in [0.05, 0.1) is 0 Å². The molecule has 7 heteroatoms. The molecular formula is C11H16N3O4. The molecule has 0 saturated carbocycles. The van der Waals surface area contributed by atoms with Gasteiger partial charge in [-0.3, -0.25) is 9.59 Å². The van der Waals surface area contributed by atoms with Crippen molar-refractivity contribution in [2.75, 3.05) is 20.1 Å². The van der Waals surface area contributed by atoms with E-state index in [-0.39, 0.29) is 18.6 Å². The molecule has 2 heterocycles. The predicted molar refractivity (Wildman–Crippen MR) is 61.8 cm³/mol. The van der Waals surface area contributed by atoms with Gasteiger partial charge in [-0.25, -0.2) is 0 Å². The maximum absolute atomic E-state index is 11.6. The molecular weight excluding hydrogens is 238 g/mol. The lowest BCUT2D eigenvalue weighted by Gasteiger charge is -2.17. The van der Waals surface area contributed by atoms with Crippen molar-refractivity contribution in [3.8, 4) is 0 Å². The van der Waals surface area contributed by atoms with Crippen LogP contribution in [0.25, 0.3) is 0 Å². The second-order valence-electron chi connectivity index (χ2n) is 4.40. The van der Waals surface area contributed by atoms with Crippen LogP contribution in [0.3, 0.4) is 0 Å². The first-order valence-corrected chi connectivity index (χ1v) is 5.71. The molecule has 2 rings (SSSR count). The molecule has 2 atom stereocenters. The highest BCUT2D eigenvalue weighted by Crippen LogP contribution is 2.12. The van der Waals surface area contributed by atoms with Gasteiger partial charge >= 0.3 is 11.9 Å². The number of hydrogen-bond acceptors (Lipinski definition) is 6. The quantitative estimate of drug-likeness (QED) is 0.634. The number of aliphatic carboxylic acids is 1. The van der Waals surface area contributed by atoms with E-state index in [9.17, 15) is 9.59 Å². The van der Waals surface area contributed by atoms with Crippen LogP contribution in [0.1, 0.15) is 6.42 Å². The van der Waals surface area contributed by atoms with Crippen LogP contribution >= 0.6 is 0 Å². The van der Waals surface area contributed by atoms with Gasteiger partial charge < -0.3 is 25.0 Å². The minimum Gasteiger partial charge on any atom is -0.480 e. The highest BCUT2D eigenvalue weighted by atomic mass is 16.5. The standard InChI is InChI=1S/C11H16N3O4/c1-13-2-3-14(7-13)6-10(15)18-8-4-9(11(16)17)12-5-8/h2-3,7-9,12H,4-6H2,1H3,(H,16,17)/t8-,9+/m1/s1. The summed E-state index contributed by atoms with van der Waals surface area (Å²) >= 11 is 0. The van der Waals surface area contributed by atoms with Crippen LogP contribution in [0, 0.1) is 6.67 Å². The van der Waals surface area contributed by atoms with E-state index in [1.165, 1.54) is 0 Å². The summed E-state index contributed by atoms with van der Waals surface area (Å²) in [6, 6.07) is -0.618. The summed E-state index contributed by atoms with van der Waals surface area (Å²) in [4.78, 5) is 25.9. The maximum Gasteiger partial charge on any atom is 0.325 e. The third-order valence-electron chi connectivity index (χ3n) is 2.82. The highest BCUT2D eigenvalue weighted by molar-refractivity contribution is 5.75. The van der Waals surface area contributed by atoms with Gasteiger partial charge in [-0.2, -0.15) is 0 Å². The number of carboxylic acids is 1. The van der Waals surface area contributed by atoms with Crippen molar-refractivity contribution in [3.05, 3.63) is 19.1 Å². The zero-order valence-electron chi connectivity index (χ0n) is 10.1. The van der Waals surface area contributed by atoms with E-state index in [1.807, 2.05) is 18.1 Å². The van der Waals surface area contributed by atoms with E-state index in [1.54, 1.807) is 17.8 Å². The lowest BCUT2D eigenvalue weighted by Crippen LogP contribution is -2.30. The molecule has 2 aliphatic rings. The monoisotopic (exact) mass is 254 g/mol. The van der Waals surface area contributed by atoms with Gasteiger partial charge in [-0.1, -0.05) is 0 Å². The lowest BCUT2D eigenvalue weighted by atomic mass is 10.2. The van der Waals surface area contributed by atoms with E-state index in [4.69, 9.17) is 9.84 Å². The Kier molecular flexibility index (Phi) is 3.71. The van der Waals surface area contributed by atoms with Crippen molar-refractivity contribution in [1.82, 2.24) is 15.1 Å². The molecule has 2 N–H and O–H groups in total. The van der Waals surface area contributed by atoms with Crippen LogP contribution in [0.5, 0.6) is 0 Å². The molecule has 0 aromatic heterocycles. The van der Waals surface area contributed by atoms with E-state index in [0.29, 0.717) is 13.0 Å². The highest BCUT2D eigenvalue weighted by Gasteiger charge is 2.31. The molecule has 0 unspecified atom stereocenters. The van der Waals surface area contributed by atoms with Gasteiger partial charge in [0.1, 0.15) is 25.4 Å². The van der Waals surface area contributed by atoms with E-state index >= 15 is 0 Å². The fourth-order valence-electron chi connectivity index (χ4n) is 1.95. The Morgan fingerprint density at radius 3 is 2.83 bits per heavy atom. The molecule has 1 radical (unpaired) electrons. The van der Waals surface area contributed by atoms with Gasteiger partial charge in [0.2, 0.25) is 0 Å². The third kappa shape index (κ3) is 3.13. The van der Waals surface area contributed by atoms with Gasteiger partial charge in [0.25, 0.3) is 0 Å². The van der Waals surface area contributed by atoms with Gasteiger partial charge in [-0.05, 0) is 0 Å². The van der Waals surface area contributed by atoms with Crippen LogP contribution in [0.2, 0.25) is 0 Å². The summed E-state index contributed by atoms with van der Waals surface area (Å²) in [6.45, 7) is 2.30. The van der Waals surface area contributed by atoms with E-state index < -0.39 is 12.0 Å². The second-order valence-corrected chi connectivity index (χ2v) is 4.40. The van der Waals surface area contributed by atoms with Crippen LogP contribution in [0.15, 0.2) is 12.4 Å². The Morgan fingerprint density at radius 1 is 1.50 bits per heavy atom. The molecule has 1 saturated heterocycles. The topological polar surface area (TPSA) is 82.1 Å². The molecule has 1 fully saturated rings. The Morgan fingerprint density at radius 2 is 2.28 bits per heavy atom. The number of esters is 1. The number of carboxylic acid groups (broad SMARTS) is 1. The smallest absolute Gasteiger partial charge is 0.325 e. The zero-order chi connectivity index (χ0) is 13.1. The average molecular weight is 254 g/mol. The molecule has 0 aliphatic carbocycles. The molecule has 18 heavy (non-hydrogen) atoms. The molecule has 0 amide bonds. The Hall–Kier alpha value is -1.76. The fourth-order valence-corrected chi connectivity index (χ4v) is 1.95. The number of rotatable bonds is 4. The first kappa shape index (κ1) is 12.7. The summed E-state index contributed by atoms with van der Waals surface area (Å²) in [7, 11) is 1.86. The summed E-state index contributed by atoms with van der Waals surface area (Å²) < 4.78 is 5.21. The maximum atomic E-state index is 11.6. The van der Waals surface area contributed by atoms with Crippen LogP contribution in [-0.4, -0.2) is 59.1 Å². The lowest BCUT2D eigenvalue weighted by molar-refractivity contribution is -0.149. The van der Waals surface area contributed by atoms with Crippen molar-refractivity contribution in [2.24, 2.45) is 0 Å². The number of carbonyl (C=O) groups excluding carboxylic acids is 1. The number of nitrogens with one attached hydrogen (secondary N) is 1. The molecule has 99 valence electrons. The Labute approximate surface area is 105 Å². The van der Waals surface area contributed by atoms with Crippen LogP contribution < -0.4 is 5.32 Å². The third-order valence-corrected chi connectivity index (χ3v) is 2.82. The largest absolute Gasteiger partial charge is 0.480 e. The van der Waals surface area contributed by atoms with E-state index in [2.05, 4.69) is 5.32 Å². The molecule has 7 nitrogen and oxygen atoms in total. The molecule has 2 aliphatic heterocycles. The number of hydrogen-bond donors (Lipinski definition) is 2. The summed E-state index contributed by atoms with van der Waals surface area (Å²) in [6.07, 6.45) is 3.56. The first-order valence-electron chi connectivity index (χ1n) is 5.71. The SMILES string of the molecule is CN1[CH]N(CC(=O)O[C@H]2CN[C@H](C(=O)O)C2)C=C1. The van der Waals surface area contributed by atoms with E-state index in [0.717, 1.165) is 0 Å². The van der Waals surface area contributed by atoms with Gasteiger partial charge in [0.15, 0.2) is 0 Å². The van der Waals surface area contributed by atoms with Crippen molar-refractivity contribution in [2.45, 2.75) is 18.6 Å². The van der Waals surface area contributed by atoms with Crippen molar-refractivity contribution in [1.29, 1.82) is 0 Å². The number of nitrogens with zero attached hydrogens (tertiary/aromatic N) is 2. The molecule has 0 bridgehead atoms. The van der Waals surface area contributed by atoms with Crippen LogP contribution in [0.4, 0.5) is 0 Å².